The van der Waals surface area contributed by atoms with Crippen molar-refractivity contribution in [2.24, 2.45) is 10.9 Å². The van der Waals surface area contributed by atoms with Crippen molar-refractivity contribution in [3.63, 3.8) is 0 Å². The average molecular weight is 272 g/mol. The molecule has 0 heterocycles. The van der Waals surface area contributed by atoms with E-state index >= 15 is 0 Å². The molecule has 1 aromatic rings. The molecule has 0 unspecified atom stereocenters. The highest BCUT2D eigenvalue weighted by molar-refractivity contribution is 6.34. The normalized spacial score (nSPS) is 11.6. The number of amidine groups is 1. The molecule has 0 aliphatic rings. The van der Waals surface area contributed by atoms with Gasteiger partial charge >= 0.3 is 0 Å². The molecule has 0 aliphatic carbocycles. The Bertz CT molecular complexity index is 424. The molecular weight excluding hydrogens is 254 g/mol. The predicted octanol–water partition coefficient (Wildman–Crippen LogP) is 1.64. The molecule has 0 spiro atoms. The lowest BCUT2D eigenvalue weighted by Gasteiger charge is -2.23. The van der Waals surface area contributed by atoms with E-state index in [1.165, 1.54) is 0 Å². The molecule has 0 fully saturated rings. The maximum Gasteiger partial charge on any atom is 0.171 e. The van der Waals surface area contributed by atoms with E-state index in [9.17, 15) is 0 Å². The molecule has 0 bridgehead atoms. The number of rotatable bonds is 6. The summed E-state index contributed by atoms with van der Waals surface area (Å²) in [7, 11) is 0. The van der Waals surface area contributed by atoms with E-state index in [1.807, 2.05) is 13.0 Å². The summed E-state index contributed by atoms with van der Waals surface area (Å²) in [5.41, 5.74) is 6.95. The Kier molecular flexibility index (Phi) is 5.74. The topological polar surface area (TPSA) is 82.1 Å². The Morgan fingerprint density at radius 3 is 2.72 bits per heavy atom. The largest absolute Gasteiger partial charge is 0.409 e. The molecule has 18 heavy (non-hydrogen) atoms. The maximum atomic E-state index is 8.85. The number of aliphatic hydroxyl groups is 1. The number of nitrogens with two attached hydrogens (primary N) is 1. The lowest BCUT2D eigenvalue weighted by molar-refractivity contribution is 0.289. The Labute approximate surface area is 111 Å². The quantitative estimate of drug-likeness (QED) is 0.318. The molecule has 0 atom stereocenters. The third-order valence-corrected chi connectivity index (χ3v) is 2.98. The van der Waals surface area contributed by atoms with Crippen LogP contribution in [0.4, 0.5) is 5.69 Å². The fourth-order valence-corrected chi connectivity index (χ4v) is 1.97. The molecule has 0 amide bonds. The number of hydrogen-bond donors (Lipinski definition) is 3. The number of nitrogens with zero attached hydrogens (tertiary/aromatic N) is 2. The van der Waals surface area contributed by atoms with Crippen LogP contribution in [0.1, 0.15) is 18.9 Å². The Morgan fingerprint density at radius 1 is 1.50 bits per heavy atom. The first-order chi connectivity index (χ1) is 8.63. The zero-order valence-electron chi connectivity index (χ0n) is 10.3. The summed E-state index contributed by atoms with van der Waals surface area (Å²) >= 11 is 6.09. The summed E-state index contributed by atoms with van der Waals surface area (Å²) in [6, 6.07) is 5.35. The van der Waals surface area contributed by atoms with Crippen molar-refractivity contribution in [2.75, 3.05) is 24.6 Å². The van der Waals surface area contributed by atoms with Crippen LogP contribution in [-0.4, -0.2) is 35.8 Å². The van der Waals surface area contributed by atoms with Crippen LogP contribution in [0.2, 0.25) is 5.02 Å². The van der Waals surface area contributed by atoms with E-state index in [4.69, 9.17) is 27.6 Å². The number of hydrogen-bond acceptors (Lipinski definition) is 4. The summed E-state index contributed by atoms with van der Waals surface area (Å²) < 4.78 is 0. The number of benzene rings is 1. The van der Waals surface area contributed by atoms with Gasteiger partial charge in [-0.25, -0.2) is 0 Å². The Morgan fingerprint density at radius 2 is 2.22 bits per heavy atom. The van der Waals surface area contributed by atoms with Crippen molar-refractivity contribution in [1.82, 2.24) is 0 Å². The summed E-state index contributed by atoms with van der Waals surface area (Å²) in [6.07, 6.45) is 0.702. The summed E-state index contributed by atoms with van der Waals surface area (Å²) in [6.45, 7) is 3.76. The van der Waals surface area contributed by atoms with Gasteiger partial charge in [0.2, 0.25) is 0 Å². The van der Waals surface area contributed by atoms with E-state index in [0.29, 0.717) is 17.0 Å². The van der Waals surface area contributed by atoms with Gasteiger partial charge in [-0.1, -0.05) is 16.8 Å². The standard InChI is InChI=1S/C12H18ClN3O2/c1-2-16(6-3-7-17)9-4-5-10(11(13)8-9)12(14)15-18/h4-5,8,17-18H,2-3,6-7H2,1H3,(H2,14,15). The first-order valence-electron chi connectivity index (χ1n) is 5.77. The van der Waals surface area contributed by atoms with Gasteiger partial charge in [0.15, 0.2) is 5.84 Å². The SMILES string of the molecule is CCN(CCCO)c1ccc(/C(N)=N/O)c(Cl)c1. The molecule has 0 aromatic heterocycles. The Hall–Kier alpha value is -1.46. The summed E-state index contributed by atoms with van der Waals surface area (Å²) in [5, 5.41) is 20.8. The second kappa shape index (κ2) is 7.08. The van der Waals surface area contributed by atoms with Gasteiger partial charge in [0, 0.05) is 30.9 Å². The van der Waals surface area contributed by atoms with Crippen molar-refractivity contribution < 1.29 is 10.3 Å². The lowest BCUT2D eigenvalue weighted by Crippen LogP contribution is -2.24. The first kappa shape index (κ1) is 14.6. The van der Waals surface area contributed by atoms with Crippen LogP contribution in [-0.2, 0) is 0 Å². The van der Waals surface area contributed by atoms with Gasteiger partial charge in [-0.05, 0) is 31.5 Å². The molecule has 0 saturated carbocycles. The highest BCUT2D eigenvalue weighted by atomic mass is 35.5. The Balaban J connectivity index is 2.95. The molecule has 4 N–H and O–H groups in total. The van der Waals surface area contributed by atoms with Crippen molar-refractivity contribution >= 4 is 23.1 Å². The smallest absolute Gasteiger partial charge is 0.171 e. The van der Waals surface area contributed by atoms with Gasteiger partial charge in [-0.2, -0.15) is 0 Å². The lowest BCUT2D eigenvalue weighted by atomic mass is 10.1. The molecule has 6 heteroatoms. The van der Waals surface area contributed by atoms with E-state index in [1.54, 1.807) is 12.1 Å². The first-order valence-corrected chi connectivity index (χ1v) is 6.15. The molecule has 100 valence electrons. The van der Waals surface area contributed by atoms with Gasteiger partial charge in [-0.15, -0.1) is 0 Å². The van der Waals surface area contributed by atoms with Crippen LogP contribution in [0.3, 0.4) is 0 Å². The van der Waals surface area contributed by atoms with Gasteiger partial charge < -0.3 is 20.9 Å². The van der Waals surface area contributed by atoms with Gasteiger partial charge in [0.25, 0.3) is 0 Å². The van der Waals surface area contributed by atoms with Crippen LogP contribution >= 0.6 is 11.6 Å². The number of anilines is 1. The fraction of sp³-hybridized carbons (Fsp3) is 0.417. The summed E-state index contributed by atoms with van der Waals surface area (Å²) in [5.74, 6) is -0.00930. The van der Waals surface area contributed by atoms with E-state index in [2.05, 4.69) is 10.1 Å². The zero-order valence-corrected chi connectivity index (χ0v) is 11.1. The second-order valence-corrected chi connectivity index (χ2v) is 4.21. The second-order valence-electron chi connectivity index (χ2n) is 3.81. The highest BCUT2D eigenvalue weighted by Gasteiger charge is 2.09. The molecule has 0 aliphatic heterocycles. The van der Waals surface area contributed by atoms with Gasteiger partial charge in [0.05, 0.1) is 5.02 Å². The van der Waals surface area contributed by atoms with Crippen LogP contribution in [0.25, 0.3) is 0 Å². The molecule has 0 radical (unpaired) electrons. The minimum atomic E-state index is -0.00930. The van der Waals surface area contributed by atoms with Crippen molar-refractivity contribution in [1.29, 1.82) is 0 Å². The van der Waals surface area contributed by atoms with Crippen LogP contribution in [0, 0.1) is 0 Å². The van der Waals surface area contributed by atoms with Crippen LogP contribution in [0.15, 0.2) is 23.4 Å². The maximum absolute atomic E-state index is 8.85. The minimum absolute atomic E-state index is 0.00930. The van der Waals surface area contributed by atoms with Crippen molar-refractivity contribution in [2.45, 2.75) is 13.3 Å². The van der Waals surface area contributed by atoms with Crippen LogP contribution in [0.5, 0.6) is 0 Å². The fourth-order valence-electron chi connectivity index (χ4n) is 1.69. The molecule has 5 nitrogen and oxygen atoms in total. The number of halogens is 1. The van der Waals surface area contributed by atoms with E-state index < -0.39 is 0 Å². The third kappa shape index (κ3) is 3.51. The van der Waals surface area contributed by atoms with Crippen LogP contribution < -0.4 is 10.6 Å². The van der Waals surface area contributed by atoms with Crippen molar-refractivity contribution in [3.05, 3.63) is 28.8 Å². The van der Waals surface area contributed by atoms with Gasteiger partial charge in [0.1, 0.15) is 0 Å². The van der Waals surface area contributed by atoms with Crippen molar-refractivity contribution in [3.8, 4) is 0 Å². The number of oxime groups is 1. The molecule has 1 aromatic carbocycles. The molecular formula is C12H18ClN3O2. The molecule has 0 saturated heterocycles. The van der Waals surface area contributed by atoms with E-state index in [-0.39, 0.29) is 12.4 Å². The average Bonchev–Trinajstić information content (AvgIpc) is 2.39. The highest BCUT2D eigenvalue weighted by Crippen LogP contribution is 2.23. The zero-order chi connectivity index (χ0) is 13.5. The number of aliphatic hydroxyl groups excluding tert-OH is 1. The third-order valence-electron chi connectivity index (χ3n) is 2.67. The minimum Gasteiger partial charge on any atom is -0.409 e. The summed E-state index contributed by atoms with van der Waals surface area (Å²) in [4.78, 5) is 2.10. The predicted molar refractivity (Wildman–Crippen MR) is 73.6 cm³/mol. The molecule has 1 rings (SSSR count). The van der Waals surface area contributed by atoms with Gasteiger partial charge in [-0.3, -0.25) is 0 Å². The van der Waals surface area contributed by atoms with E-state index in [0.717, 1.165) is 18.8 Å². The monoisotopic (exact) mass is 271 g/mol.